The number of hydrogen-bond acceptors (Lipinski definition) is 4. The van der Waals surface area contributed by atoms with E-state index in [2.05, 4.69) is 45.2 Å². The molecule has 2 aromatic carbocycles. The summed E-state index contributed by atoms with van der Waals surface area (Å²) in [5.74, 6) is 0.465. The van der Waals surface area contributed by atoms with E-state index < -0.39 is 12.0 Å². The number of nitrogens with two attached hydrogens (primary N) is 1. The third-order valence-electron chi connectivity index (χ3n) is 2.89. The summed E-state index contributed by atoms with van der Waals surface area (Å²) < 4.78 is 17.6. The summed E-state index contributed by atoms with van der Waals surface area (Å²) >= 11 is 4.28. The number of carboxylic acids is 1. The van der Waals surface area contributed by atoms with Gasteiger partial charge in [0.15, 0.2) is 5.75 Å². The molecule has 0 heterocycles. The number of carboxylic acid groups (broad SMARTS) is 1. The highest BCUT2D eigenvalue weighted by molar-refractivity contribution is 14.1. The topological polar surface area (TPSA) is 92.8 Å². The average Bonchev–Trinajstić information content (AvgIpc) is 2.54. The molecule has 118 valence electrons. The first-order valence-corrected chi connectivity index (χ1v) is 8.45. The Kier molecular flexibility index (Phi) is 5.37. The molecule has 0 spiro atoms. The number of rotatable bonds is 5. The molecular formula is C15H15I2NO4. The predicted molar refractivity (Wildman–Crippen MR) is 101 cm³/mol. The average molecular weight is 531 g/mol. The van der Waals surface area contributed by atoms with Gasteiger partial charge in [-0.2, -0.15) is 0 Å². The zero-order chi connectivity index (χ0) is 18.3. The van der Waals surface area contributed by atoms with Gasteiger partial charge in [-0.3, -0.25) is 4.79 Å². The number of carbonyl (C=O) groups is 1. The molecule has 2 aromatic rings. The summed E-state index contributed by atoms with van der Waals surface area (Å²) in [6.45, 7) is 0. The van der Waals surface area contributed by atoms with Gasteiger partial charge in [-0.25, -0.2) is 0 Å². The van der Waals surface area contributed by atoms with Crippen LogP contribution in [0.1, 0.15) is 8.53 Å². The van der Waals surface area contributed by atoms with Gasteiger partial charge in [0, 0.05) is 2.97 Å². The minimum atomic E-state index is -1.02. The second-order valence-electron chi connectivity index (χ2n) is 4.63. The van der Waals surface area contributed by atoms with Crippen LogP contribution in [0.4, 0.5) is 0 Å². The highest BCUT2D eigenvalue weighted by Crippen LogP contribution is 2.33. The lowest BCUT2D eigenvalue weighted by atomic mass is 10.1. The SMILES string of the molecule is NC(Cc1cc(I)c(Oc2ccc(O)cc2)c(I)c1)C(=O)O.[3H][3H]. The van der Waals surface area contributed by atoms with Crippen LogP contribution in [-0.4, -0.2) is 22.2 Å². The molecule has 0 saturated heterocycles. The van der Waals surface area contributed by atoms with E-state index in [-0.39, 0.29) is 12.2 Å². The van der Waals surface area contributed by atoms with Crippen molar-refractivity contribution in [1.29, 1.82) is 0 Å². The molecule has 0 fully saturated rings. The Morgan fingerprint density at radius 1 is 1.27 bits per heavy atom. The molecule has 5 nitrogen and oxygen atoms in total. The number of halogens is 2. The summed E-state index contributed by atoms with van der Waals surface area (Å²) in [5, 5.41) is 18.2. The molecule has 0 aliphatic heterocycles. The van der Waals surface area contributed by atoms with Crippen molar-refractivity contribution in [2.75, 3.05) is 0 Å². The predicted octanol–water partition coefficient (Wildman–Crippen LogP) is 3.59. The van der Waals surface area contributed by atoms with Gasteiger partial charge in [-0.05, 0) is 93.6 Å². The van der Waals surface area contributed by atoms with E-state index in [0.717, 1.165) is 12.7 Å². The fourth-order valence-corrected chi connectivity index (χ4v) is 3.92. The number of aromatic hydroxyl groups is 1. The maximum absolute atomic E-state index is 10.8. The molecule has 1 atom stereocenters. The van der Waals surface area contributed by atoms with Crippen LogP contribution in [0, 0.1) is 7.14 Å². The van der Waals surface area contributed by atoms with Gasteiger partial charge in [0.25, 0.3) is 0 Å². The monoisotopic (exact) mass is 531 g/mol. The summed E-state index contributed by atoms with van der Waals surface area (Å²) in [6.07, 6.45) is 0.265. The third-order valence-corrected chi connectivity index (χ3v) is 4.49. The van der Waals surface area contributed by atoms with Gasteiger partial charge in [0.05, 0.1) is 7.14 Å². The Morgan fingerprint density at radius 2 is 1.82 bits per heavy atom. The van der Waals surface area contributed by atoms with Crippen molar-refractivity contribution in [2.24, 2.45) is 5.73 Å². The lowest BCUT2D eigenvalue weighted by Gasteiger charge is -2.13. The molecule has 0 bridgehead atoms. The molecule has 1 unspecified atom stereocenters. The summed E-state index contributed by atoms with van der Waals surface area (Å²) in [6, 6.07) is 9.26. The van der Waals surface area contributed by atoms with E-state index in [1.165, 1.54) is 0 Å². The maximum Gasteiger partial charge on any atom is 0.320 e. The minimum Gasteiger partial charge on any atom is -0.508 e. The first-order valence-electron chi connectivity index (χ1n) is 7.30. The Hall–Kier alpha value is -1.07. The fraction of sp³-hybridized carbons (Fsp3) is 0.133. The molecule has 22 heavy (non-hydrogen) atoms. The maximum atomic E-state index is 10.8. The van der Waals surface area contributed by atoms with Crippen LogP contribution in [0.5, 0.6) is 17.2 Å². The van der Waals surface area contributed by atoms with Gasteiger partial charge >= 0.3 is 5.97 Å². The standard InChI is InChI=1S/C15H13I2NO4.H2/c16-11-5-8(7-13(18)15(20)21)6-12(17)14(11)22-10-3-1-9(19)2-4-10;/h1-6,13,19H,7,18H2,(H,20,21);1H/i;1+2T. The van der Waals surface area contributed by atoms with Crippen LogP contribution in [0.3, 0.4) is 0 Å². The Bertz CT molecular complexity index is 675. The molecule has 0 radical (unpaired) electrons. The van der Waals surface area contributed by atoms with E-state index in [9.17, 15) is 9.90 Å². The van der Waals surface area contributed by atoms with E-state index >= 15 is 0 Å². The van der Waals surface area contributed by atoms with Gasteiger partial charge in [-0.1, -0.05) is 0 Å². The normalized spacial score (nSPS) is 12.3. The number of hydrogen-bond donors (Lipinski definition) is 3. The van der Waals surface area contributed by atoms with Crippen LogP contribution >= 0.6 is 45.2 Å². The molecule has 0 saturated carbocycles. The van der Waals surface area contributed by atoms with E-state index in [1.54, 1.807) is 24.3 Å². The Labute approximate surface area is 157 Å². The van der Waals surface area contributed by atoms with Crippen molar-refractivity contribution in [3.05, 3.63) is 49.1 Å². The lowest BCUT2D eigenvalue weighted by molar-refractivity contribution is -0.138. The third kappa shape index (κ3) is 4.46. The number of phenolic OH excluding ortho intramolecular Hbond substituents is 1. The molecule has 0 aliphatic rings. The lowest BCUT2D eigenvalue weighted by Crippen LogP contribution is -2.32. The second kappa shape index (κ2) is 7.47. The van der Waals surface area contributed by atoms with Crippen LogP contribution in [0.2, 0.25) is 0 Å². The largest absolute Gasteiger partial charge is 0.508 e. The Balaban J connectivity index is 0.00000139. The quantitative estimate of drug-likeness (QED) is 0.514. The summed E-state index contributed by atoms with van der Waals surface area (Å²) in [7, 11) is 0. The van der Waals surface area contributed by atoms with Gasteiger partial charge < -0.3 is 20.7 Å². The van der Waals surface area contributed by atoms with Crippen LogP contribution < -0.4 is 10.5 Å². The number of ether oxygens (including phenoxy) is 1. The van der Waals surface area contributed by atoms with Crippen LogP contribution in [-0.2, 0) is 11.2 Å². The van der Waals surface area contributed by atoms with Gasteiger partial charge in [0.1, 0.15) is 17.5 Å². The molecule has 4 N–H and O–H groups in total. The van der Waals surface area contributed by atoms with Crippen molar-refractivity contribution >= 4 is 51.2 Å². The zero-order valence-corrected chi connectivity index (χ0v) is 15.6. The van der Waals surface area contributed by atoms with E-state index in [1.807, 2.05) is 12.1 Å². The summed E-state index contributed by atoms with van der Waals surface area (Å²) in [4.78, 5) is 10.8. The molecule has 7 heteroatoms. The first kappa shape index (κ1) is 15.8. The molecule has 2 rings (SSSR count). The number of phenols is 1. The summed E-state index contributed by atoms with van der Waals surface area (Å²) in [5.41, 5.74) is 6.41. The highest BCUT2D eigenvalue weighted by Gasteiger charge is 2.15. The van der Waals surface area contributed by atoms with Crippen molar-refractivity contribution in [3.63, 3.8) is 0 Å². The fourth-order valence-electron chi connectivity index (χ4n) is 1.80. The van der Waals surface area contributed by atoms with E-state index in [4.69, 9.17) is 18.5 Å². The molecule has 0 aromatic heterocycles. The molecular weight excluding hydrogens is 512 g/mol. The van der Waals surface area contributed by atoms with Gasteiger partial charge in [-0.15, -0.1) is 0 Å². The number of aliphatic carboxylic acids is 1. The molecule has 0 aliphatic carbocycles. The minimum absolute atomic E-state index is 0.176. The van der Waals surface area contributed by atoms with E-state index in [0.29, 0.717) is 11.5 Å². The first-order chi connectivity index (χ1) is 11.4. The van der Waals surface area contributed by atoms with Crippen molar-refractivity contribution in [1.82, 2.24) is 0 Å². The Morgan fingerprint density at radius 3 is 2.32 bits per heavy atom. The number of benzene rings is 2. The smallest absolute Gasteiger partial charge is 0.320 e. The highest BCUT2D eigenvalue weighted by atomic mass is 127. The molecule has 0 amide bonds. The van der Waals surface area contributed by atoms with Crippen molar-refractivity contribution < 1.29 is 22.7 Å². The van der Waals surface area contributed by atoms with Crippen LogP contribution in [0.15, 0.2) is 36.4 Å². The second-order valence-corrected chi connectivity index (χ2v) is 6.96. The van der Waals surface area contributed by atoms with Gasteiger partial charge in [0.2, 0.25) is 0 Å². The van der Waals surface area contributed by atoms with Crippen LogP contribution in [0.25, 0.3) is 0 Å². The van der Waals surface area contributed by atoms with Crippen molar-refractivity contribution in [2.45, 2.75) is 12.5 Å². The van der Waals surface area contributed by atoms with Crippen molar-refractivity contribution in [3.8, 4) is 17.2 Å². The zero-order valence-electron chi connectivity index (χ0n) is 13.3.